The number of benzene rings is 1. The Hall–Kier alpha value is -0.830. The van der Waals surface area contributed by atoms with Crippen molar-refractivity contribution in [2.24, 2.45) is 0 Å². The summed E-state index contributed by atoms with van der Waals surface area (Å²) in [6.45, 7) is 2.63. The quantitative estimate of drug-likeness (QED) is 0.582. The maximum absolute atomic E-state index is 11.2. The Morgan fingerprint density at radius 2 is 1.88 bits per heavy atom. The van der Waals surface area contributed by atoms with E-state index in [2.05, 4.69) is 6.92 Å². The summed E-state index contributed by atoms with van der Waals surface area (Å²) < 4.78 is 16.6. The number of hydrogen-bond acceptors (Lipinski definition) is 2. The summed E-state index contributed by atoms with van der Waals surface area (Å²) in [4.78, 5) is 18.3. The molecule has 1 aromatic rings. The maximum atomic E-state index is 11.2. The van der Waals surface area contributed by atoms with Crippen molar-refractivity contribution in [3.63, 3.8) is 0 Å². The SMILES string of the molecule is CCCCCCOc1ccccc1P(=O)(O)O. The summed E-state index contributed by atoms with van der Waals surface area (Å²) in [6.07, 6.45) is 4.29. The molecule has 5 heteroatoms. The van der Waals surface area contributed by atoms with Gasteiger partial charge in [-0.25, -0.2) is 0 Å². The summed E-state index contributed by atoms with van der Waals surface area (Å²) in [5.41, 5.74) is 0. The van der Waals surface area contributed by atoms with Crippen LogP contribution in [0.5, 0.6) is 5.75 Å². The number of unbranched alkanes of at least 4 members (excludes halogenated alkanes) is 3. The number of rotatable bonds is 7. The Morgan fingerprint density at radius 1 is 1.18 bits per heavy atom. The molecule has 0 saturated carbocycles. The topological polar surface area (TPSA) is 66.8 Å². The fourth-order valence-electron chi connectivity index (χ4n) is 1.53. The van der Waals surface area contributed by atoms with Crippen LogP contribution in [0.3, 0.4) is 0 Å². The maximum Gasteiger partial charge on any atom is 0.359 e. The molecular weight excluding hydrogens is 239 g/mol. The molecular formula is C12H19O4P. The van der Waals surface area contributed by atoms with Crippen LogP contribution in [-0.2, 0) is 4.57 Å². The number of ether oxygens (including phenoxy) is 1. The Kier molecular flexibility index (Phi) is 5.69. The minimum atomic E-state index is -4.24. The van der Waals surface area contributed by atoms with E-state index < -0.39 is 7.60 Å². The van der Waals surface area contributed by atoms with Crippen molar-refractivity contribution in [1.82, 2.24) is 0 Å². The van der Waals surface area contributed by atoms with Crippen LogP contribution >= 0.6 is 7.60 Å². The Bertz CT molecular complexity index is 386. The standard InChI is InChI=1S/C12H19O4P/c1-2-3-4-7-10-16-11-8-5-6-9-12(11)17(13,14)15/h5-6,8-9H,2-4,7,10H2,1H3,(H2,13,14,15). The highest BCUT2D eigenvalue weighted by Crippen LogP contribution is 2.37. The first kappa shape index (κ1) is 14.2. The van der Waals surface area contributed by atoms with Gasteiger partial charge in [-0.15, -0.1) is 0 Å². The molecule has 0 amide bonds. The van der Waals surface area contributed by atoms with Crippen molar-refractivity contribution in [2.75, 3.05) is 6.61 Å². The van der Waals surface area contributed by atoms with Gasteiger partial charge in [0.25, 0.3) is 0 Å². The molecule has 4 nitrogen and oxygen atoms in total. The van der Waals surface area contributed by atoms with Gasteiger partial charge in [0.1, 0.15) is 11.1 Å². The second kappa shape index (κ2) is 6.80. The molecule has 17 heavy (non-hydrogen) atoms. The zero-order valence-electron chi connectivity index (χ0n) is 10.0. The van der Waals surface area contributed by atoms with Gasteiger partial charge in [0.05, 0.1) is 6.61 Å². The lowest BCUT2D eigenvalue weighted by molar-refractivity contribution is 0.305. The van der Waals surface area contributed by atoms with E-state index in [1.807, 2.05) is 0 Å². The van der Waals surface area contributed by atoms with Crippen LogP contribution in [0.2, 0.25) is 0 Å². The fourth-order valence-corrected chi connectivity index (χ4v) is 2.24. The largest absolute Gasteiger partial charge is 0.493 e. The van der Waals surface area contributed by atoms with E-state index in [0.717, 1.165) is 25.7 Å². The lowest BCUT2D eigenvalue weighted by atomic mass is 10.2. The molecule has 0 radical (unpaired) electrons. The van der Waals surface area contributed by atoms with Crippen LogP contribution in [0.15, 0.2) is 24.3 Å². The number of hydrogen-bond donors (Lipinski definition) is 2. The summed E-state index contributed by atoms with van der Waals surface area (Å²) in [5, 5.41) is -0.0320. The van der Waals surface area contributed by atoms with Crippen molar-refractivity contribution >= 4 is 12.9 Å². The van der Waals surface area contributed by atoms with Gasteiger partial charge in [0.15, 0.2) is 0 Å². The zero-order valence-corrected chi connectivity index (χ0v) is 10.9. The molecule has 0 bridgehead atoms. The van der Waals surface area contributed by atoms with E-state index in [9.17, 15) is 4.57 Å². The molecule has 0 aliphatic rings. The van der Waals surface area contributed by atoms with Crippen molar-refractivity contribution in [3.8, 4) is 5.75 Å². The Labute approximate surface area is 102 Å². The van der Waals surface area contributed by atoms with E-state index in [1.165, 1.54) is 6.07 Å². The molecule has 0 saturated heterocycles. The van der Waals surface area contributed by atoms with Crippen molar-refractivity contribution in [2.45, 2.75) is 32.6 Å². The third-order valence-corrected chi connectivity index (χ3v) is 3.43. The summed E-state index contributed by atoms with van der Waals surface area (Å²) in [6, 6.07) is 6.30. The second-order valence-corrected chi connectivity index (χ2v) is 5.49. The average molecular weight is 258 g/mol. The molecule has 0 fully saturated rings. The van der Waals surface area contributed by atoms with Gasteiger partial charge in [0.2, 0.25) is 0 Å². The van der Waals surface area contributed by atoms with Crippen molar-refractivity contribution in [1.29, 1.82) is 0 Å². The molecule has 1 aromatic carbocycles. The predicted molar refractivity (Wildman–Crippen MR) is 67.8 cm³/mol. The van der Waals surface area contributed by atoms with E-state index in [1.54, 1.807) is 18.2 Å². The molecule has 0 spiro atoms. The highest BCUT2D eigenvalue weighted by atomic mass is 31.2. The van der Waals surface area contributed by atoms with Gasteiger partial charge in [-0.1, -0.05) is 38.3 Å². The third-order valence-electron chi connectivity index (χ3n) is 2.43. The minimum Gasteiger partial charge on any atom is -0.493 e. The van der Waals surface area contributed by atoms with Gasteiger partial charge in [-0.05, 0) is 18.6 Å². The Balaban J connectivity index is 2.56. The molecule has 0 atom stereocenters. The number of para-hydroxylation sites is 1. The molecule has 0 heterocycles. The zero-order chi connectivity index (χ0) is 12.7. The summed E-state index contributed by atoms with van der Waals surface area (Å²) in [5.74, 6) is 0.289. The minimum absolute atomic E-state index is 0.0320. The first-order valence-electron chi connectivity index (χ1n) is 5.83. The van der Waals surface area contributed by atoms with Crippen molar-refractivity contribution < 1.29 is 19.1 Å². The van der Waals surface area contributed by atoms with Gasteiger partial charge in [0, 0.05) is 0 Å². The smallest absolute Gasteiger partial charge is 0.359 e. The summed E-state index contributed by atoms with van der Waals surface area (Å²) in [7, 11) is -4.24. The highest BCUT2D eigenvalue weighted by Gasteiger charge is 2.21. The van der Waals surface area contributed by atoms with Crippen LogP contribution in [0, 0.1) is 0 Å². The predicted octanol–water partition coefficient (Wildman–Crippen LogP) is 2.45. The average Bonchev–Trinajstić information content (AvgIpc) is 2.28. The molecule has 2 N–H and O–H groups in total. The van der Waals surface area contributed by atoms with Gasteiger partial charge < -0.3 is 14.5 Å². The van der Waals surface area contributed by atoms with Crippen molar-refractivity contribution in [3.05, 3.63) is 24.3 Å². The normalized spacial score (nSPS) is 11.5. The van der Waals surface area contributed by atoms with Crippen LogP contribution < -0.4 is 10.0 Å². The molecule has 0 unspecified atom stereocenters. The van der Waals surface area contributed by atoms with Crippen LogP contribution in [0.25, 0.3) is 0 Å². The van der Waals surface area contributed by atoms with E-state index in [4.69, 9.17) is 14.5 Å². The molecule has 1 rings (SSSR count). The lowest BCUT2D eigenvalue weighted by Crippen LogP contribution is -2.10. The Morgan fingerprint density at radius 3 is 2.53 bits per heavy atom. The van der Waals surface area contributed by atoms with E-state index in [-0.39, 0.29) is 11.1 Å². The fraction of sp³-hybridized carbons (Fsp3) is 0.500. The molecule has 0 aliphatic heterocycles. The first-order valence-corrected chi connectivity index (χ1v) is 7.45. The summed E-state index contributed by atoms with van der Waals surface area (Å²) >= 11 is 0. The van der Waals surface area contributed by atoms with Crippen LogP contribution in [0.4, 0.5) is 0 Å². The van der Waals surface area contributed by atoms with Gasteiger partial charge >= 0.3 is 7.60 Å². The van der Waals surface area contributed by atoms with Gasteiger partial charge in [-0.2, -0.15) is 0 Å². The molecule has 96 valence electrons. The second-order valence-electron chi connectivity index (χ2n) is 3.92. The highest BCUT2D eigenvalue weighted by molar-refractivity contribution is 7.60. The van der Waals surface area contributed by atoms with E-state index in [0.29, 0.717) is 6.61 Å². The van der Waals surface area contributed by atoms with E-state index >= 15 is 0 Å². The first-order chi connectivity index (χ1) is 8.05. The van der Waals surface area contributed by atoms with Gasteiger partial charge in [-0.3, -0.25) is 4.57 Å². The molecule has 0 aromatic heterocycles. The van der Waals surface area contributed by atoms with Crippen LogP contribution in [-0.4, -0.2) is 16.4 Å². The monoisotopic (exact) mass is 258 g/mol. The van der Waals surface area contributed by atoms with Crippen LogP contribution in [0.1, 0.15) is 32.6 Å². The molecule has 0 aliphatic carbocycles. The lowest BCUT2D eigenvalue weighted by Gasteiger charge is -2.11. The third kappa shape index (κ3) is 4.90.